The maximum Gasteiger partial charge on any atom is 0.418 e. The van der Waals surface area contributed by atoms with E-state index < -0.39 is 11.7 Å². The first-order valence-electron chi connectivity index (χ1n) is 5.27. The van der Waals surface area contributed by atoms with Gasteiger partial charge >= 0.3 is 6.18 Å². The molecule has 0 aromatic carbocycles. The van der Waals surface area contributed by atoms with E-state index in [2.05, 4.69) is 10.1 Å². The number of hydrogen-bond donors (Lipinski definition) is 0. The molecule has 17 heavy (non-hydrogen) atoms. The number of rotatable bonds is 1. The summed E-state index contributed by atoms with van der Waals surface area (Å²) < 4.78 is 39.6. The van der Waals surface area contributed by atoms with Crippen LogP contribution in [0.2, 0.25) is 0 Å². The van der Waals surface area contributed by atoms with Crippen LogP contribution in [-0.2, 0) is 12.6 Å². The van der Waals surface area contributed by atoms with Gasteiger partial charge in [0, 0.05) is 6.42 Å². The minimum Gasteiger partial charge on any atom is -0.217 e. The first-order valence-corrected chi connectivity index (χ1v) is 5.27. The second-order valence-corrected chi connectivity index (χ2v) is 3.94. The van der Waals surface area contributed by atoms with Crippen molar-refractivity contribution in [2.45, 2.75) is 33.4 Å². The van der Waals surface area contributed by atoms with Crippen LogP contribution < -0.4 is 0 Å². The third kappa shape index (κ3) is 1.87. The van der Waals surface area contributed by atoms with E-state index in [1.54, 1.807) is 6.92 Å². The zero-order valence-electron chi connectivity index (χ0n) is 9.76. The Bertz CT molecular complexity index is 569. The lowest BCUT2D eigenvalue weighted by atomic mass is 10.1. The lowest BCUT2D eigenvalue weighted by Gasteiger charge is -2.12. The number of alkyl halides is 3. The number of hydrogen-bond acceptors (Lipinski definition) is 2. The second-order valence-electron chi connectivity index (χ2n) is 3.94. The van der Waals surface area contributed by atoms with E-state index in [0.29, 0.717) is 23.5 Å². The summed E-state index contributed by atoms with van der Waals surface area (Å²) in [6, 6.07) is 1.12. The van der Waals surface area contributed by atoms with Crippen molar-refractivity contribution in [3.63, 3.8) is 0 Å². The summed E-state index contributed by atoms with van der Waals surface area (Å²) >= 11 is 0. The Labute approximate surface area is 96.3 Å². The fourth-order valence-corrected chi connectivity index (χ4v) is 1.78. The molecule has 3 nitrogen and oxygen atoms in total. The molecule has 92 valence electrons. The van der Waals surface area contributed by atoms with Crippen molar-refractivity contribution in [1.29, 1.82) is 0 Å². The Morgan fingerprint density at radius 2 is 1.94 bits per heavy atom. The molecule has 2 rings (SSSR count). The van der Waals surface area contributed by atoms with Crippen LogP contribution in [0.3, 0.4) is 0 Å². The largest absolute Gasteiger partial charge is 0.418 e. The lowest BCUT2D eigenvalue weighted by Crippen LogP contribution is -2.12. The summed E-state index contributed by atoms with van der Waals surface area (Å²) in [6.07, 6.45) is -3.76. The summed E-state index contributed by atoms with van der Waals surface area (Å²) in [7, 11) is 0. The number of halogens is 3. The Kier molecular flexibility index (Phi) is 2.60. The van der Waals surface area contributed by atoms with Gasteiger partial charge in [-0.2, -0.15) is 18.3 Å². The van der Waals surface area contributed by atoms with Gasteiger partial charge in [0.25, 0.3) is 0 Å². The number of aryl methyl sites for hydroxylation is 3. The molecule has 0 radical (unpaired) electrons. The normalized spacial score (nSPS) is 12.4. The van der Waals surface area contributed by atoms with Crippen LogP contribution in [0.15, 0.2) is 6.07 Å². The summed E-state index contributed by atoms with van der Waals surface area (Å²) in [4.78, 5) is 4.20. The van der Waals surface area contributed by atoms with Crippen LogP contribution in [0.25, 0.3) is 5.65 Å². The van der Waals surface area contributed by atoms with Gasteiger partial charge in [-0.05, 0) is 25.5 Å². The monoisotopic (exact) mass is 243 g/mol. The lowest BCUT2D eigenvalue weighted by molar-refractivity contribution is -0.138. The van der Waals surface area contributed by atoms with Crippen molar-refractivity contribution in [3.8, 4) is 0 Å². The van der Waals surface area contributed by atoms with E-state index in [1.807, 2.05) is 6.92 Å². The fourth-order valence-electron chi connectivity index (χ4n) is 1.78. The molecule has 0 aliphatic carbocycles. The Hall–Kier alpha value is -1.59. The van der Waals surface area contributed by atoms with Crippen LogP contribution in [-0.4, -0.2) is 14.6 Å². The highest BCUT2D eigenvalue weighted by atomic mass is 19.4. The molecule has 0 amide bonds. The highest BCUT2D eigenvalue weighted by molar-refractivity contribution is 5.50. The minimum absolute atomic E-state index is 0.0744. The standard InChI is InChI=1S/C11H12F3N3/c1-4-9-15-10-6(2)5-8(11(12,13)14)7(3)17(10)16-9/h5H,4H2,1-3H3. The van der Waals surface area contributed by atoms with Crippen molar-refractivity contribution in [3.05, 3.63) is 28.7 Å². The predicted molar refractivity (Wildman–Crippen MR) is 56.8 cm³/mol. The van der Waals surface area contributed by atoms with E-state index in [1.165, 1.54) is 11.4 Å². The van der Waals surface area contributed by atoms with Gasteiger partial charge in [0.1, 0.15) is 0 Å². The van der Waals surface area contributed by atoms with Crippen LogP contribution >= 0.6 is 0 Å². The summed E-state index contributed by atoms with van der Waals surface area (Å²) in [5, 5.41) is 4.07. The van der Waals surface area contributed by atoms with Gasteiger partial charge in [-0.25, -0.2) is 9.50 Å². The van der Waals surface area contributed by atoms with Gasteiger partial charge < -0.3 is 0 Å². The molecule has 6 heteroatoms. The molecule has 0 aliphatic heterocycles. The van der Waals surface area contributed by atoms with Crippen molar-refractivity contribution in [2.75, 3.05) is 0 Å². The maximum absolute atomic E-state index is 12.8. The van der Waals surface area contributed by atoms with Crippen molar-refractivity contribution in [2.24, 2.45) is 0 Å². The van der Waals surface area contributed by atoms with Gasteiger partial charge in [0.05, 0.1) is 11.3 Å². The second kappa shape index (κ2) is 3.72. The molecule has 0 bridgehead atoms. The van der Waals surface area contributed by atoms with E-state index in [9.17, 15) is 13.2 Å². The van der Waals surface area contributed by atoms with Gasteiger partial charge in [-0.15, -0.1) is 0 Å². The van der Waals surface area contributed by atoms with Crippen LogP contribution in [0.4, 0.5) is 13.2 Å². The molecule has 0 saturated carbocycles. The molecular weight excluding hydrogens is 231 g/mol. The van der Waals surface area contributed by atoms with E-state index in [-0.39, 0.29) is 5.69 Å². The third-order valence-electron chi connectivity index (χ3n) is 2.69. The van der Waals surface area contributed by atoms with Crippen molar-refractivity contribution in [1.82, 2.24) is 14.6 Å². The van der Waals surface area contributed by atoms with E-state index in [4.69, 9.17) is 0 Å². The number of fused-ring (bicyclic) bond motifs is 1. The topological polar surface area (TPSA) is 30.2 Å². The molecule has 0 spiro atoms. The first kappa shape index (κ1) is 11.9. The highest BCUT2D eigenvalue weighted by Gasteiger charge is 2.34. The Balaban J connectivity index is 2.79. The minimum atomic E-state index is -4.36. The average molecular weight is 243 g/mol. The quantitative estimate of drug-likeness (QED) is 0.770. The van der Waals surface area contributed by atoms with Gasteiger partial charge in [0.15, 0.2) is 11.5 Å². The number of aromatic nitrogens is 3. The first-order chi connectivity index (χ1) is 7.84. The van der Waals surface area contributed by atoms with Crippen LogP contribution in [0.5, 0.6) is 0 Å². The average Bonchev–Trinajstić information content (AvgIpc) is 2.66. The zero-order chi connectivity index (χ0) is 12.8. The highest BCUT2D eigenvalue weighted by Crippen LogP contribution is 2.33. The molecular formula is C11H12F3N3. The molecule has 2 aromatic heterocycles. The SMILES string of the molecule is CCc1nc2c(C)cc(C(F)(F)F)c(C)n2n1. The van der Waals surface area contributed by atoms with Gasteiger partial charge in [-0.1, -0.05) is 6.92 Å². The molecule has 0 fully saturated rings. The van der Waals surface area contributed by atoms with Crippen molar-refractivity contribution < 1.29 is 13.2 Å². The predicted octanol–water partition coefficient (Wildman–Crippen LogP) is 2.93. The van der Waals surface area contributed by atoms with E-state index in [0.717, 1.165) is 6.07 Å². The maximum atomic E-state index is 12.8. The zero-order valence-corrected chi connectivity index (χ0v) is 9.76. The Morgan fingerprint density at radius 3 is 2.47 bits per heavy atom. The molecule has 0 atom stereocenters. The molecule has 2 heterocycles. The number of pyridine rings is 1. The smallest absolute Gasteiger partial charge is 0.217 e. The van der Waals surface area contributed by atoms with E-state index >= 15 is 0 Å². The molecule has 0 N–H and O–H groups in total. The molecule has 0 unspecified atom stereocenters. The third-order valence-corrected chi connectivity index (χ3v) is 2.69. The molecule has 0 aliphatic rings. The molecule has 0 saturated heterocycles. The number of nitrogens with zero attached hydrogens (tertiary/aromatic N) is 3. The Morgan fingerprint density at radius 1 is 1.29 bits per heavy atom. The van der Waals surface area contributed by atoms with Crippen LogP contribution in [0, 0.1) is 13.8 Å². The fraction of sp³-hybridized carbons (Fsp3) is 0.455. The van der Waals surface area contributed by atoms with Gasteiger partial charge in [-0.3, -0.25) is 0 Å². The van der Waals surface area contributed by atoms with Gasteiger partial charge in [0.2, 0.25) is 0 Å². The van der Waals surface area contributed by atoms with Crippen molar-refractivity contribution >= 4 is 5.65 Å². The molecule has 2 aromatic rings. The summed E-state index contributed by atoms with van der Waals surface area (Å²) in [5.41, 5.74) is 0.392. The summed E-state index contributed by atoms with van der Waals surface area (Å²) in [5.74, 6) is 0.551. The van der Waals surface area contributed by atoms with Crippen LogP contribution in [0.1, 0.15) is 29.6 Å². The summed E-state index contributed by atoms with van der Waals surface area (Å²) in [6.45, 7) is 4.88.